The van der Waals surface area contributed by atoms with E-state index in [0.29, 0.717) is 0 Å². The number of rotatable bonds is 2. The number of alkyl carbamates (subject to hydrolysis) is 1. The Labute approximate surface area is 91.3 Å². The van der Waals surface area contributed by atoms with Crippen LogP contribution in [0.1, 0.15) is 40.5 Å². The largest absolute Gasteiger partial charge is 0.444 e. The van der Waals surface area contributed by atoms with Gasteiger partial charge in [0.2, 0.25) is 0 Å². The normalized spacial score (nSPS) is 26.4. The Hall–Kier alpha value is -0.770. The average molecular weight is 215 g/mol. The van der Waals surface area contributed by atoms with E-state index < -0.39 is 5.60 Å². The number of carbonyl (C=O) groups excluding carboxylic acids is 1. The lowest BCUT2D eigenvalue weighted by Crippen LogP contribution is -2.42. The van der Waals surface area contributed by atoms with Gasteiger partial charge in [-0.05, 0) is 33.6 Å². The van der Waals surface area contributed by atoms with Crippen LogP contribution < -0.4 is 5.32 Å². The Balaban J connectivity index is 2.37. The van der Waals surface area contributed by atoms with Gasteiger partial charge in [0.1, 0.15) is 5.60 Å². The number of ether oxygens (including phenoxy) is 2. The van der Waals surface area contributed by atoms with Crippen LogP contribution in [0.25, 0.3) is 0 Å². The van der Waals surface area contributed by atoms with Crippen LogP contribution in [-0.4, -0.2) is 30.4 Å². The van der Waals surface area contributed by atoms with Gasteiger partial charge in [-0.1, -0.05) is 6.92 Å². The van der Waals surface area contributed by atoms with Gasteiger partial charge in [0.25, 0.3) is 0 Å². The van der Waals surface area contributed by atoms with Crippen molar-refractivity contribution in [3.05, 3.63) is 0 Å². The summed E-state index contributed by atoms with van der Waals surface area (Å²) >= 11 is 0. The molecule has 1 aliphatic heterocycles. The summed E-state index contributed by atoms with van der Waals surface area (Å²) in [5, 5.41) is 2.85. The van der Waals surface area contributed by atoms with Crippen molar-refractivity contribution in [2.24, 2.45) is 0 Å². The van der Waals surface area contributed by atoms with Crippen molar-refractivity contribution in [1.82, 2.24) is 5.32 Å². The van der Waals surface area contributed by atoms with Gasteiger partial charge in [-0.25, -0.2) is 4.79 Å². The molecule has 0 aromatic heterocycles. The molecule has 1 fully saturated rings. The molecule has 4 nitrogen and oxygen atoms in total. The van der Waals surface area contributed by atoms with Crippen molar-refractivity contribution >= 4 is 6.09 Å². The van der Waals surface area contributed by atoms with Gasteiger partial charge in [0.05, 0.1) is 12.1 Å². The lowest BCUT2D eigenvalue weighted by molar-refractivity contribution is 0.0444. The fraction of sp³-hybridized carbons (Fsp3) is 0.909. The van der Waals surface area contributed by atoms with Crippen LogP contribution in [0, 0.1) is 0 Å². The summed E-state index contributed by atoms with van der Waals surface area (Å²) in [5.74, 6) is 0. The van der Waals surface area contributed by atoms with Crippen LogP contribution in [0.15, 0.2) is 0 Å². The first-order valence-electron chi connectivity index (χ1n) is 5.53. The van der Waals surface area contributed by atoms with Gasteiger partial charge in [-0.3, -0.25) is 0 Å². The van der Waals surface area contributed by atoms with E-state index in [1.807, 2.05) is 20.8 Å². The van der Waals surface area contributed by atoms with Crippen molar-refractivity contribution < 1.29 is 14.3 Å². The van der Waals surface area contributed by atoms with Crippen LogP contribution in [0.3, 0.4) is 0 Å². The van der Waals surface area contributed by atoms with E-state index in [0.717, 1.165) is 19.4 Å². The first-order valence-corrected chi connectivity index (χ1v) is 5.53. The second kappa shape index (κ2) is 4.84. The minimum absolute atomic E-state index is 0.102. The molecular weight excluding hydrogens is 194 g/mol. The fourth-order valence-electron chi connectivity index (χ4n) is 1.67. The van der Waals surface area contributed by atoms with Gasteiger partial charge in [0, 0.05) is 6.61 Å². The highest BCUT2D eigenvalue weighted by Gasteiger charge is 2.29. The van der Waals surface area contributed by atoms with E-state index in [-0.39, 0.29) is 18.2 Å². The zero-order chi connectivity index (χ0) is 11.5. The van der Waals surface area contributed by atoms with Gasteiger partial charge in [-0.15, -0.1) is 0 Å². The predicted octanol–water partition coefficient (Wildman–Crippen LogP) is 2.08. The first-order chi connectivity index (χ1) is 6.92. The molecule has 88 valence electrons. The number of hydrogen-bond acceptors (Lipinski definition) is 3. The van der Waals surface area contributed by atoms with Gasteiger partial charge >= 0.3 is 6.09 Å². The zero-order valence-corrected chi connectivity index (χ0v) is 10.0. The molecule has 0 aromatic rings. The molecule has 1 N–H and O–H groups in total. The third-order valence-electron chi connectivity index (χ3n) is 2.31. The highest BCUT2D eigenvalue weighted by Crippen LogP contribution is 2.17. The SMILES string of the molecule is CCC1OCCC1NC(=O)OC(C)(C)C. The van der Waals surface area contributed by atoms with E-state index in [2.05, 4.69) is 12.2 Å². The van der Waals surface area contributed by atoms with Gasteiger partial charge in [-0.2, -0.15) is 0 Å². The summed E-state index contributed by atoms with van der Waals surface area (Å²) in [6, 6.07) is 0.102. The summed E-state index contributed by atoms with van der Waals surface area (Å²) in [6.45, 7) is 8.35. The molecule has 1 rings (SSSR count). The lowest BCUT2D eigenvalue weighted by atomic mass is 10.1. The van der Waals surface area contributed by atoms with E-state index in [1.54, 1.807) is 0 Å². The molecule has 1 heterocycles. The van der Waals surface area contributed by atoms with E-state index in [4.69, 9.17) is 9.47 Å². The maximum Gasteiger partial charge on any atom is 0.407 e. The maximum absolute atomic E-state index is 11.5. The highest BCUT2D eigenvalue weighted by molar-refractivity contribution is 5.68. The summed E-state index contributed by atoms with van der Waals surface area (Å²) in [6.07, 6.45) is 1.58. The Morgan fingerprint density at radius 1 is 1.53 bits per heavy atom. The van der Waals surface area contributed by atoms with Crippen LogP contribution in [0.5, 0.6) is 0 Å². The van der Waals surface area contributed by atoms with E-state index in [1.165, 1.54) is 0 Å². The summed E-state index contributed by atoms with van der Waals surface area (Å²) < 4.78 is 10.7. The minimum atomic E-state index is -0.439. The second-order valence-electron chi connectivity index (χ2n) is 4.86. The highest BCUT2D eigenvalue weighted by atomic mass is 16.6. The number of nitrogens with one attached hydrogen (secondary N) is 1. The van der Waals surface area contributed by atoms with Crippen LogP contribution in [0.2, 0.25) is 0 Å². The minimum Gasteiger partial charge on any atom is -0.444 e. The Morgan fingerprint density at radius 2 is 2.20 bits per heavy atom. The Bertz CT molecular complexity index is 222. The van der Waals surface area contributed by atoms with Crippen molar-refractivity contribution in [1.29, 1.82) is 0 Å². The van der Waals surface area contributed by atoms with Crippen molar-refractivity contribution in [2.75, 3.05) is 6.61 Å². The fourth-order valence-corrected chi connectivity index (χ4v) is 1.67. The molecule has 2 unspecified atom stereocenters. The lowest BCUT2D eigenvalue weighted by Gasteiger charge is -2.23. The van der Waals surface area contributed by atoms with E-state index >= 15 is 0 Å². The molecule has 1 saturated heterocycles. The maximum atomic E-state index is 11.5. The van der Waals surface area contributed by atoms with Crippen LogP contribution in [0.4, 0.5) is 4.79 Å². The van der Waals surface area contributed by atoms with Crippen molar-refractivity contribution in [3.8, 4) is 0 Å². The number of hydrogen-bond donors (Lipinski definition) is 1. The molecule has 1 amide bonds. The van der Waals surface area contributed by atoms with Crippen LogP contribution >= 0.6 is 0 Å². The summed E-state index contributed by atoms with van der Waals surface area (Å²) in [4.78, 5) is 11.5. The molecule has 15 heavy (non-hydrogen) atoms. The summed E-state index contributed by atoms with van der Waals surface area (Å²) in [5.41, 5.74) is -0.439. The first kappa shape index (κ1) is 12.3. The Kier molecular flexibility index (Phi) is 3.97. The zero-order valence-electron chi connectivity index (χ0n) is 10.0. The molecule has 4 heteroatoms. The van der Waals surface area contributed by atoms with E-state index in [9.17, 15) is 4.79 Å². The van der Waals surface area contributed by atoms with Gasteiger partial charge in [0.15, 0.2) is 0 Å². The molecule has 0 spiro atoms. The van der Waals surface area contributed by atoms with Gasteiger partial charge < -0.3 is 14.8 Å². The molecule has 0 radical (unpaired) electrons. The molecule has 0 aliphatic carbocycles. The van der Waals surface area contributed by atoms with Crippen LogP contribution in [-0.2, 0) is 9.47 Å². The average Bonchev–Trinajstić information content (AvgIpc) is 2.48. The van der Waals surface area contributed by atoms with Crippen molar-refractivity contribution in [2.45, 2.75) is 58.3 Å². The molecule has 0 bridgehead atoms. The standard InChI is InChI=1S/C11H21NO3/c1-5-9-8(6-7-14-9)12-10(13)15-11(2,3)4/h8-9H,5-7H2,1-4H3,(H,12,13). The molecular formula is C11H21NO3. The summed E-state index contributed by atoms with van der Waals surface area (Å²) in [7, 11) is 0. The third kappa shape index (κ3) is 4.08. The number of carbonyl (C=O) groups is 1. The molecule has 1 aliphatic rings. The molecule has 0 aromatic carbocycles. The monoisotopic (exact) mass is 215 g/mol. The second-order valence-corrected chi connectivity index (χ2v) is 4.86. The predicted molar refractivity (Wildman–Crippen MR) is 57.8 cm³/mol. The smallest absolute Gasteiger partial charge is 0.407 e. The third-order valence-corrected chi connectivity index (χ3v) is 2.31. The topological polar surface area (TPSA) is 47.6 Å². The molecule has 0 saturated carbocycles. The molecule has 2 atom stereocenters. The van der Waals surface area contributed by atoms with Crippen molar-refractivity contribution in [3.63, 3.8) is 0 Å². The quantitative estimate of drug-likeness (QED) is 0.767. The number of amides is 1. The Morgan fingerprint density at radius 3 is 2.73 bits per heavy atom.